The normalized spacial score (nSPS) is 53.5. The second-order valence-corrected chi connectivity index (χ2v) is 10.4. The van der Waals surface area contributed by atoms with Crippen molar-refractivity contribution in [2.24, 2.45) is 45.1 Å². The van der Waals surface area contributed by atoms with E-state index >= 15 is 0 Å². The fraction of sp³-hybridized carbons (Fsp3) is 0.952. The van der Waals surface area contributed by atoms with Gasteiger partial charge in [0.2, 0.25) is 0 Å². The summed E-state index contributed by atoms with van der Waals surface area (Å²) in [6.45, 7) is 9.87. The van der Waals surface area contributed by atoms with Gasteiger partial charge in [0.1, 0.15) is 0 Å². The maximum Gasteiger partial charge on any atom is 0.0630 e. The minimum Gasteiger partial charge on any atom is -0.411 e. The quantitative estimate of drug-likeness (QED) is 0.439. The highest BCUT2D eigenvalue weighted by atomic mass is 16.4. The van der Waals surface area contributed by atoms with E-state index in [0.717, 1.165) is 29.9 Å². The van der Waals surface area contributed by atoms with Crippen LogP contribution in [0.15, 0.2) is 5.16 Å². The van der Waals surface area contributed by atoms with Gasteiger partial charge in [0.05, 0.1) is 5.71 Å². The monoisotopic (exact) mass is 317 g/mol. The molecule has 0 amide bonds. The summed E-state index contributed by atoms with van der Waals surface area (Å²) in [5.41, 5.74) is 2.25. The standard InChI is InChI=1S/C21H35NO/c1-19(2)17-8-7-14-15-6-5-11-20(15,3)12-9-16(14)21(17,4)13-10-18(19)22-23/h14-17,23H,5-13H2,1-4H3/b22-18-/t14-,15-,16-,17-,20-,21+/m0/s1. The van der Waals surface area contributed by atoms with Gasteiger partial charge in [0, 0.05) is 5.41 Å². The van der Waals surface area contributed by atoms with Crippen molar-refractivity contribution in [3.8, 4) is 0 Å². The molecule has 0 aliphatic heterocycles. The topological polar surface area (TPSA) is 32.6 Å². The Bertz CT molecular complexity index is 524. The Balaban J connectivity index is 1.68. The summed E-state index contributed by atoms with van der Waals surface area (Å²) in [7, 11) is 0. The molecule has 4 fully saturated rings. The van der Waals surface area contributed by atoms with E-state index in [9.17, 15) is 5.21 Å². The third-order valence-electron chi connectivity index (χ3n) is 9.29. The number of oxime groups is 1. The Labute approximate surface area is 142 Å². The van der Waals surface area contributed by atoms with Gasteiger partial charge in [0.25, 0.3) is 0 Å². The van der Waals surface area contributed by atoms with Crippen LogP contribution >= 0.6 is 0 Å². The van der Waals surface area contributed by atoms with E-state index in [1.807, 2.05) is 0 Å². The first-order valence-electron chi connectivity index (χ1n) is 10.0. The highest BCUT2D eigenvalue weighted by Gasteiger charge is 2.61. The van der Waals surface area contributed by atoms with Crippen LogP contribution < -0.4 is 0 Å². The number of rotatable bonds is 0. The van der Waals surface area contributed by atoms with Crippen molar-refractivity contribution in [2.75, 3.05) is 0 Å². The molecule has 0 saturated heterocycles. The summed E-state index contributed by atoms with van der Waals surface area (Å²) < 4.78 is 0. The number of hydrogen-bond acceptors (Lipinski definition) is 2. The lowest BCUT2D eigenvalue weighted by Gasteiger charge is -2.63. The average molecular weight is 318 g/mol. The largest absolute Gasteiger partial charge is 0.411 e. The second kappa shape index (κ2) is 4.99. The highest BCUT2D eigenvalue weighted by Crippen LogP contribution is 2.68. The van der Waals surface area contributed by atoms with Crippen LogP contribution in [0.3, 0.4) is 0 Å². The summed E-state index contributed by atoms with van der Waals surface area (Å²) in [6, 6.07) is 0. The summed E-state index contributed by atoms with van der Waals surface area (Å²) in [5.74, 6) is 3.58. The van der Waals surface area contributed by atoms with Gasteiger partial charge in [-0.05, 0) is 85.9 Å². The Morgan fingerprint density at radius 1 is 0.913 bits per heavy atom. The molecule has 0 aromatic carbocycles. The van der Waals surface area contributed by atoms with Crippen LogP contribution in [0.2, 0.25) is 0 Å². The Morgan fingerprint density at radius 2 is 1.70 bits per heavy atom. The average Bonchev–Trinajstić information content (AvgIpc) is 2.88. The Morgan fingerprint density at radius 3 is 2.43 bits per heavy atom. The van der Waals surface area contributed by atoms with Crippen LogP contribution in [0, 0.1) is 39.9 Å². The van der Waals surface area contributed by atoms with Crippen molar-refractivity contribution in [3.63, 3.8) is 0 Å². The fourth-order valence-corrected chi connectivity index (χ4v) is 8.08. The molecule has 6 atom stereocenters. The zero-order valence-corrected chi connectivity index (χ0v) is 15.6. The number of fused-ring (bicyclic) bond motifs is 5. The van der Waals surface area contributed by atoms with E-state index in [2.05, 4.69) is 32.9 Å². The fourth-order valence-electron chi connectivity index (χ4n) is 8.08. The minimum absolute atomic E-state index is 0.0726. The Kier molecular flexibility index (Phi) is 3.46. The SMILES string of the molecule is CC1(C)/C(=N\O)CC[C@]2(C)[C@H]3CC[C@]4(C)CCC[C@H]4[C@@H]3CC[C@@H]12. The van der Waals surface area contributed by atoms with Crippen molar-refractivity contribution in [3.05, 3.63) is 0 Å². The minimum atomic E-state index is 0.0726. The molecule has 0 aromatic heterocycles. The third-order valence-corrected chi connectivity index (χ3v) is 9.29. The van der Waals surface area contributed by atoms with Gasteiger partial charge in [-0.1, -0.05) is 39.3 Å². The van der Waals surface area contributed by atoms with Gasteiger partial charge in [-0.3, -0.25) is 0 Å². The van der Waals surface area contributed by atoms with Gasteiger partial charge in [-0.2, -0.15) is 0 Å². The lowest BCUT2D eigenvalue weighted by atomic mass is 9.41. The molecule has 0 spiro atoms. The first-order valence-corrected chi connectivity index (χ1v) is 10.0. The first kappa shape index (κ1) is 16.0. The van der Waals surface area contributed by atoms with E-state index in [-0.39, 0.29) is 5.41 Å². The van der Waals surface area contributed by atoms with Gasteiger partial charge in [-0.15, -0.1) is 0 Å². The van der Waals surface area contributed by atoms with Gasteiger partial charge >= 0.3 is 0 Å². The molecule has 0 unspecified atom stereocenters. The van der Waals surface area contributed by atoms with E-state index in [1.165, 1.54) is 51.4 Å². The molecule has 0 aromatic rings. The van der Waals surface area contributed by atoms with Crippen LogP contribution in [0.4, 0.5) is 0 Å². The summed E-state index contributed by atoms with van der Waals surface area (Å²) in [4.78, 5) is 0. The van der Waals surface area contributed by atoms with E-state index in [0.29, 0.717) is 16.7 Å². The van der Waals surface area contributed by atoms with Gasteiger partial charge in [-0.25, -0.2) is 0 Å². The first-order chi connectivity index (χ1) is 10.8. The molecule has 0 radical (unpaired) electrons. The van der Waals surface area contributed by atoms with E-state index in [1.54, 1.807) is 0 Å². The third kappa shape index (κ3) is 2.02. The van der Waals surface area contributed by atoms with Crippen molar-refractivity contribution in [2.45, 2.75) is 85.5 Å². The lowest BCUT2D eigenvalue weighted by Crippen LogP contribution is -2.57. The predicted octanol–water partition coefficient (Wildman–Crippen LogP) is 5.89. The molecule has 2 heteroatoms. The maximum atomic E-state index is 9.48. The summed E-state index contributed by atoms with van der Waals surface area (Å²) in [5, 5.41) is 13.2. The van der Waals surface area contributed by atoms with Crippen LogP contribution in [0.1, 0.15) is 85.5 Å². The van der Waals surface area contributed by atoms with Crippen LogP contribution in [-0.4, -0.2) is 10.9 Å². The summed E-state index contributed by atoms with van der Waals surface area (Å²) >= 11 is 0. The lowest BCUT2D eigenvalue weighted by molar-refractivity contribution is -0.116. The molecule has 4 rings (SSSR count). The molecular formula is C21H35NO. The van der Waals surface area contributed by atoms with Crippen molar-refractivity contribution in [1.82, 2.24) is 0 Å². The zero-order valence-electron chi connectivity index (χ0n) is 15.6. The van der Waals surface area contributed by atoms with Crippen molar-refractivity contribution >= 4 is 5.71 Å². The van der Waals surface area contributed by atoms with Crippen molar-refractivity contribution < 1.29 is 5.21 Å². The van der Waals surface area contributed by atoms with Gasteiger partial charge < -0.3 is 5.21 Å². The highest BCUT2D eigenvalue weighted by molar-refractivity contribution is 5.90. The van der Waals surface area contributed by atoms with Gasteiger partial charge in [0.15, 0.2) is 0 Å². The molecule has 0 heterocycles. The molecular weight excluding hydrogens is 282 g/mol. The molecule has 130 valence electrons. The smallest absolute Gasteiger partial charge is 0.0630 e. The molecule has 4 aliphatic carbocycles. The molecule has 2 nitrogen and oxygen atoms in total. The second-order valence-electron chi connectivity index (χ2n) is 10.4. The molecule has 23 heavy (non-hydrogen) atoms. The molecule has 4 saturated carbocycles. The maximum absolute atomic E-state index is 9.48. The Hall–Kier alpha value is -0.530. The molecule has 4 aliphatic rings. The zero-order chi connectivity index (χ0) is 16.5. The van der Waals surface area contributed by atoms with Crippen LogP contribution in [0.5, 0.6) is 0 Å². The van der Waals surface area contributed by atoms with E-state index < -0.39 is 0 Å². The van der Waals surface area contributed by atoms with Crippen LogP contribution in [-0.2, 0) is 0 Å². The number of nitrogens with zero attached hydrogens (tertiary/aromatic N) is 1. The van der Waals surface area contributed by atoms with Crippen molar-refractivity contribution in [1.29, 1.82) is 0 Å². The predicted molar refractivity (Wildman–Crippen MR) is 94.7 cm³/mol. The van der Waals surface area contributed by atoms with Crippen LogP contribution in [0.25, 0.3) is 0 Å². The van der Waals surface area contributed by atoms with E-state index in [4.69, 9.17) is 0 Å². The summed E-state index contributed by atoms with van der Waals surface area (Å²) in [6.07, 6.45) is 12.4. The molecule has 0 bridgehead atoms. The molecule has 1 N–H and O–H groups in total. The number of hydrogen-bond donors (Lipinski definition) is 1.